The van der Waals surface area contributed by atoms with Crippen molar-refractivity contribution >= 4 is 11.8 Å². The number of nitrogens with two attached hydrogens (primary N) is 1. The van der Waals surface area contributed by atoms with Gasteiger partial charge in [-0.2, -0.15) is 11.8 Å². The van der Waals surface area contributed by atoms with Crippen molar-refractivity contribution in [1.29, 1.82) is 0 Å². The summed E-state index contributed by atoms with van der Waals surface area (Å²) in [6.45, 7) is 5.05. The molecule has 0 aliphatic heterocycles. The van der Waals surface area contributed by atoms with Gasteiger partial charge in [0.15, 0.2) is 0 Å². The van der Waals surface area contributed by atoms with Crippen molar-refractivity contribution in [2.24, 2.45) is 5.73 Å². The van der Waals surface area contributed by atoms with E-state index in [4.69, 9.17) is 5.73 Å². The summed E-state index contributed by atoms with van der Waals surface area (Å²) in [6.07, 6.45) is 3.50. The van der Waals surface area contributed by atoms with Gasteiger partial charge in [-0.05, 0) is 13.3 Å². The number of unbranched alkanes of at least 4 members (excludes halogenated alkanes) is 1. The van der Waals surface area contributed by atoms with Gasteiger partial charge in [0.1, 0.15) is 5.82 Å². The molecule has 3 nitrogen and oxygen atoms in total. The zero-order valence-corrected chi connectivity index (χ0v) is 10.5. The lowest BCUT2D eigenvalue weighted by Crippen LogP contribution is -2.01. The fourth-order valence-electron chi connectivity index (χ4n) is 1.42. The maximum Gasteiger partial charge on any atom is 0.106 e. The summed E-state index contributed by atoms with van der Waals surface area (Å²) in [4.78, 5) is 7.95. The SMILES string of the molecule is CCCCc1nc(CSCCN)c(C)[nH]1. The summed E-state index contributed by atoms with van der Waals surface area (Å²) in [7, 11) is 0. The first kappa shape index (κ1) is 12.6. The molecule has 1 aromatic rings. The van der Waals surface area contributed by atoms with Crippen LogP contribution in [0.3, 0.4) is 0 Å². The highest BCUT2D eigenvalue weighted by Gasteiger charge is 2.05. The van der Waals surface area contributed by atoms with Gasteiger partial charge in [-0.3, -0.25) is 0 Å². The summed E-state index contributed by atoms with van der Waals surface area (Å²) in [5.74, 6) is 3.13. The molecule has 0 unspecified atom stereocenters. The molecule has 0 aromatic carbocycles. The Kier molecular flexibility index (Phi) is 5.79. The summed E-state index contributed by atoms with van der Waals surface area (Å²) in [6, 6.07) is 0. The molecule has 86 valence electrons. The molecule has 4 heteroatoms. The van der Waals surface area contributed by atoms with Crippen LogP contribution < -0.4 is 5.73 Å². The van der Waals surface area contributed by atoms with E-state index in [9.17, 15) is 0 Å². The zero-order chi connectivity index (χ0) is 11.1. The second-order valence-corrected chi connectivity index (χ2v) is 4.81. The van der Waals surface area contributed by atoms with Crippen molar-refractivity contribution < 1.29 is 0 Å². The number of aromatic amines is 1. The number of aryl methyl sites for hydroxylation is 2. The van der Waals surface area contributed by atoms with Crippen molar-refractivity contribution in [2.75, 3.05) is 12.3 Å². The van der Waals surface area contributed by atoms with E-state index in [0.717, 1.165) is 30.3 Å². The van der Waals surface area contributed by atoms with Gasteiger partial charge in [-0.25, -0.2) is 4.98 Å². The molecule has 0 fully saturated rings. The predicted octanol–water partition coefficient (Wildman–Crippen LogP) is 2.25. The Balaban J connectivity index is 2.45. The molecule has 0 atom stereocenters. The molecule has 0 aliphatic rings. The number of imidazole rings is 1. The summed E-state index contributed by atoms with van der Waals surface area (Å²) >= 11 is 1.85. The molecule has 15 heavy (non-hydrogen) atoms. The summed E-state index contributed by atoms with van der Waals surface area (Å²) in [5, 5.41) is 0. The monoisotopic (exact) mass is 227 g/mol. The zero-order valence-electron chi connectivity index (χ0n) is 9.68. The molecule has 0 saturated carbocycles. The molecular weight excluding hydrogens is 206 g/mol. The standard InChI is InChI=1S/C11H21N3S/c1-3-4-5-11-13-9(2)10(14-11)8-15-7-6-12/h3-8,12H2,1-2H3,(H,13,14). The van der Waals surface area contributed by atoms with E-state index in [-0.39, 0.29) is 0 Å². The summed E-state index contributed by atoms with van der Waals surface area (Å²) in [5.41, 5.74) is 7.86. The van der Waals surface area contributed by atoms with Crippen LogP contribution in [-0.4, -0.2) is 22.3 Å². The Morgan fingerprint density at radius 3 is 2.93 bits per heavy atom. The minimum Gasteiger partial charge on any atom is -0.346 e. The first-order chi connectivity index (χ1) is 7.27. The Hall–Kier alpha value is -0.480. The third-order valence-corrected chi connectivity index (χ3v) is 3.30. The molecule has 0 spiro atoms. The smallest absolute Gasteiger partial charge is 0.106 e. The van der Waals surface area contributed by atoms with Crippen LogP contribution in [0.4, 0.5) is 0 Å². The van der Waals surface area contributed by atoms with Gasteiger partial charge in [0.25, 0.3) is 0 Å². The van der Waals surface area contributed by atoms with Crippen LogP contribution in [0, 0.1) is 6.92 Å². The number of aromatic nitrogens is 2. The van der Waals surface area contributed by atoms with Crippen molar-refractivity contribution in [3.05, 3.63) is 17.2 Å². The van der Waals surface area contributed by atoms with Crippen LogP contribution in [0.15, 0.2) is 0 Å². The molecule has 0 aliphatic carbocycles. The van der Waals surface area contributed by atoms with Gasteiger partial charge in [0, 0.05) is 30.2 Å². The Labute approximate surface area is 96.2 Å². The lowest BCUT2D eigenvalue weighted by atomic mass is 10.2. The molecule has 1 heterocycles. The highest BCUT2D eigenvalue weighted by atomic mass is 32.2. The van der Waals surface area contributed by atoms with E-state index in [2.05, 4.69) is 23.8 Å². The lowest BCUT2D eigenvalue weighted by molar-refractivity contribution is 0.760. The highest BCUT2D eigenvalue weighted by molar-refractivity contribution is 7.98. The topological polar surface area (TPSA) is 54.7 Å². The third-order valence-electron chi connectivity index (χ3n) is 2.30. The number of hydrogen-bond acceptors (Lipinski definition) is 3. The van der Waals surface area contributed by atoms with Gasteiger partial charge >= 0.3 is 0 Å². The van der Waals surface area contributed by atoms with Crippen molar-refractivity contribution in [3.63, 3.8) is 0 Å². The van der Waals surface area contributed by atoms with Crippen LogP contribution in [0.5, 0.6) is 0 Å². The molecule has 1 aromatic heterocycles. The van der Waals surface area contributed by atoms with Gasteiger partial charge < -0.3 is 10.7 Å². The van der Waals surface area contributed by atoms with Crippen molar-refractivity contribution in [3.8, 4) is 0 Å². The van der Waals surface area contributed by atoms with Crippen molar-refractivity contribution in [1.82, 2.24) is 9.97 Å². The van der Waals surface area contributed by atoms with Crippen LogP contribution in [-0.2, 0) is 12.2 Å². The number of thioether (sulfide) groups is 1. The molecule has 3 N–H and O–H groups in total. The minimum atomic E-state index is 0.747. The fourth-order valence-corrected chi connectivity index (χ4v) is 2.20. The molecule has 0 radical (unpaired) electrons. The Morgan fingerprint density at radius 2 is 2.27 bits per heavy atom. The molecular formula is C11H21N3S. The third kappa shape index (κ3) is 4.26. The quantitative estimate of drug-likeness (QED) is 0.702. The van der Waals surface area contributed by atoms with Gasteiger partial charge in [-0.1, -0.05) is 13.3 Å². The van der Waals surface area contributed by atoms with Crippen LogP contribution in [0.1, 0.15) is 37.0 Å². The van der Waals surface area contributed by atoms with Gasteiger partial charge in [0.2, 0.25) is 0 Å². The van der Waals surface area contributed by atoms with Gasteiger partial charge in [0.05, 0.1) is 5.69 Å². The normalized spacial score (nSPS) is 10.9. The molecule has 1 rings (SSSR count). The second-order valence-electron chi connectivity index (χ2n) is 3.70. The second kappa shape index (κ2) is 6.90. The largest absolute Gasteiger partial charge is 0.346 e. The number of hydrogen-bond donors (Lipinski definition) is 2. The van der Waals surface area contributed by atoms with E-state index in [1.165, 1.54) is 24.2 Å². The number of H-pyrrole nitrogens is 1. The van der Waals surface area contributed by atoms with Crippen LogP contribution >= 0.6 is 11.8 Å². The van der Waals surface area contributed by atoms with Gasteiger partial charge in [-0.15, -0.1) is 0 Å². The minimum absolute atomic E-state index is 0.747. The highest BCUT2D eigenvalue weighted by Crippen LogP contribution is 2.14. The predicted molar refractivity (Wildman–Crippen MR) is 67.2 cm³/mol. The molecule has 0 bridgehead atoms. The Bertz CT molecular complexity index is 283. The van der Waals surface area contributed by atoms with E-state index < -0.39 is 0 Å². The maximum atomic E-state index is 5.45. The van der Waals surface area contributed by atoms with Crippen LogP contribution in [0.2, 0.25) is 0 Å². The number of rotatable bonds is 7. The first-order valence-electron chi connectivity index (χ1n) is 5.60. The molecule has 0 saturated heterocycles. The lowest BCUT2D eigenvalue weighted by Gasteiger charge is -1.96. The van der Waals surface area contributed by atoms with E-state index in [1.807, 2.05) is 11.8 Å². The average molecular weight is 227 g/mol. The fraction of sp³-hybridized carbons (Fsp3) is 0.727. The number of nitrogens with zero attached hydrogens (tertiary/aromatic N) is 1. The Morgan fingerprint density at radius 1 is 1.47 bits per heavy atom. The average Bonchev–Trinajstić information content (AvgIpc) is 2.57. The van der Waals surface area contributed by atoms with Crippen LogP contribution in [0.25, 0.3) is 0 Å². The van der Waals surface area contributed by atoms with E-state index in [1.54, 1.807) is 0 Å². The summed E-state index contributed by atoms with van der Waals surface area (Å²) < 4.78 is 0. The first-order valence-corrected chi connectivity index (χ1v) is 6.75. The molecule has 0 amide bonds. The van der Waals surface area contributed by atoms with Crippen molar-refractivity contribution in [2.45, 2.75) is 38.9 Å². The van der Waals surface area contributed by atoms with E-state index >= 15 is 0 Å². The number of nitrogens with one attached hydrogen (secondary N) is 1. The van der Waals surface area contributed by atoms with E-state index in [0.29, 0.717) is 0 Å². The maximum absolute atomic E-state index is 5.45.